The van der Waals surface area contributed by atoms with Crippen LogP contribution >= 0.6 is 15.9 Å². The van der Waals surface area contributed by atoms with Crippen LogP contribution in [0, 0.1) is 10.1 Å². The summed E-state index contributed by atoms with van der Waals surface area (Å²) >= 11 is 3.26. The number of nitro groups is 1. The third kappa shape index (κ3) is 9.18. The first-order valence-corrected chi connectivity index (χ1v) is 16.4. The van der Waals surface area contributed by atoms with E-state index in [4.69, 9.17) is 14.2 Å². The molecular formula is C36H37BrN4O7. The highest BCUT2D eigenvalue weighted by atomic mass is 79.9. The minimum Gasteiger partial charge on any atom is -0.484 e. The number of nitrogens with one attached hydrogen (secondary N) is 3. The molecule has 12 heteroatoms. The topological polar surface area (TPSA) is 141 Å². The minimum atomic E-state index is -0.983. The molecule has 250 valence electrons. The van der Waals surface area contributed by atoms with Gasteiger partial charge in [-0.3, -0.25) is 14.9 Å². The van der Waals surface area contributed by atoms with Crippen molar-refractivity contribution in [1.29, 1.82) is 0 Å². The summed E-state index contributed by atoms with van der Waals surface area (Å²) in [5.74, 6) is -0.695. The molecule has 4 aromatic rings. The van der Waals surface area contributed by atoms with E-state index in [9.17, 15) is 19.7 Å². The average molecular weight is 718 g/mol. The molecule has 1 aliphatic heterocycles. The molecule has 0 aliphatic carbocycles. The Morgan fingerprint density at radius 1 is 0.958 bits per heavy atom. The van der Waals surface area contributed by atoms with Crippen molar-refractivity contribution < 1.29 is 28.7 Å². The molecule has 48 heavy (non-hydrogen) atoms. The van der Waals surface area contributed by atoms with Crippen molar-refractivity contribution in [3.8, 4) is 5.75 Å². The SMILES string of the molecule is COC(=O)N[C@H](C(=O)Nc1ccccc1CC[C@@H]1CNC[C@@H](COc2ccc(Br)cc2[N+](=O)[O-])O1)C(c1ccccc1)c1ccccc1. The van der Waals surface area contributed by atoms with Crippen LogP contribution in [0.3, 0.4) is 0 Å². The molecule has 0 aromatic heterocycles. The van der Waals surface area contributed by atoms with Gasteiger partial charge >= 0.3 is 11.8 Å². The lowest BCUT2D eigenvalue weighted by Crippen LogP contribution is -2.48. The fourth-order valence-electron chi connectivity index (χ4n) is 5.75. The van der Waals surface area contributed by atoms with Gasteiger partial charge in [0.2, 0.25) is 5.91 Å². The number of nitro benzene ring substituents is 1. The molecule has 0 unspecified atom stereocenters. The molecule has 1 aliphatic rings. The van der Waals surface area contributed by atoms with Crippen LogP contribution in [0.5, 0.6) is 5.75 Å². The first-order valence-electron chi connectivity index (χ1n) is 15.6. The van der Waals surface area contributed by atoms with Gasteiger partial charge in [0, 0.05) is 35.2 Å². The summed E-state index contributed by atoms with van der Waals surface area (Å²) in [6.07, 6.45) is 0.0839. The molecule has 5 rings (SSSR count). The Morgan fingerprint density at radius 2 is 1.60 bits per heavy atom. The van der Waals surface area contributed by atoms with Crippen LogP contribution in [0.4, 0.5) is 16.2 Å². The van der Waals surface area contributed by atoms with Gasteiger partial charge in [-0.05, 0) is 47.7 Å². The molecule has 0 bridgehead atoms. The normalized spacial score (nSPS) is 16.5. The Bertz CT molecular complexity index is 1650. The zero-order chi connectivity index (χ0) is 33.9. The van der Waals surface area contributed by atoms with Crippen molar-refractivity contribution in [2.75, 3.05) is 32.1 Å². The van der Waals surface area contributed by atoms with Gasteiger partial charge in [0.1, 0.15) is 18.8 Å². The number of hydrogen-bond donors (Lipinski definition) is 3. The number of benzene rings is 4. The number of carbonyl (C=O) groups excluding carboxylic acids is 2. The number of carbonyl (C=O) groups is 2. The Balaban J connectivity index is 1.27. The molecule has 1 heterocycles. The number of halogens is 1. The molecule has 4 aromatic carbocycles. The van der Waals surface area contributed by atoms with E-state index in [1.807, 2.05) is 84.9 Å². The lowest BCUT2D eigenvalue weighted by molar-refractivity contribution is -0.386. The van der Waals surface area contributed by atoms with Crippen molar-refractivity contribution in [3.63, 3.8) is 0 Å². The van der Waals surface area contributed by atoms with E-state index in [0.29, 0.717) is 36.1 Å². The van der Waals surface area contributed by atoms with E-state index < -0.39 is 23.0 Å². The molecule has 0 radical (unpaired) electrons. The Kier molecular flexibility index (Phi) is 12.1. The van der Waals surface area contributed by atoms with Gasteiger partial charge in [0.15, 0.2) is 5.75 Å². The Hall–Kier alpha value is -4.78. The maximum Gasteiger partial charge on any atom is 0.407 e. The van der Waals surface area contributed by atoms with Crippen LogP contribution in [0.15, 0.2) is 108 Å². The molecule has 0 saturated carbocycles. The van der Waals surface area contributed by atoms with Gasteiger partial charge in [0.05, 0.1) is 18.1 Å². The number of nitrogens with zero attached hydrogens (tertiary/aromatic N) is 1. The summed E-state index contributed by atoms with van der Waals surface area (Å²) in [4.78, 5) is 37.6. The highest BCUT2D eigenvalue weighted by molar-refractivity contribution is 9.10. The Labute approximate surface area is 287 Å². The second-order valence-corrected chi connectivity index (χ2v) is 12.2. The van der Waals surface area contributed by atoms with Crippen LogP contribution in [0.1, 0.15) is 29.0 Å². The highest BCUT2D eigenvalue weighted by Crippen LogP contribution is 2.31. The van der Waals surface area contributed by atoms with E-state index >= 15 is 0 Å². The Morgan fingerprint density at radius 3 is 2.27 bits per heavy atom. The summed E-state index contributed by atoms with van der Waals surface area (Å²) in [6.45, 7) is 1.33. The number of morpholine rings is 1. The van der Waals surface area contributed by atoms with Gasteiger partial charge in [0.25, 0.3) is 0 Å². The third-order valence-electron chi connectivity index (χ3n) is 8.07. The van der Waals surface area contributed by atoms with Gasteiger partial charge in [-0.25, -0.2) is 4.79 Å². The predicted molar refractivity (Wildman–Crippen MR) is 185 cm³/mol. The molecule has 3 atom stereocenters. The van der Waals surface area contributed by atoms with Crippen LogP contribution in [0.25, 0.3) is 0 Å². The van der Waals surface area contributed by atoms with Gasteiger partial charge in [-0.1, -0.05) is 94.8 Å². The quantitative estimate of drug-likeness (QED) is 0.109. The van der Waals surface area contributed by atoms with E-state index in [2.05, 4.69) is 31.9 Å². The van der Waals surface area contributed by atoms with Crippen LogP contribution in [-0.4, -0.2) is 62.0 Å². The number of alkyl carbamates (subject to hydrolysis) is 1. The summed E-state index contributed by atoms with van der Waals surface area (Å²) < 4.78 is 17.6. The van der Waals surface area contributed by atoms with E-state index in [1.165, 1.54) is 13.2 Å². The van der Waals surface area contributed by atoms with Crippen molar-refractivity contribution in [3.05, 3.63) is 134 Å². The molecule has 1 fully saturated rings. The number of rotatable bonds is 13. The van der Waals surface area contributed by atoms with Crippen molar-refractivity contribution in [2.45, 2.75) is 37.0 Å². The second kappa shape index (κ2) is 16.9. The lowest BCUT2D eigenvalue weighted by Gasteiger charge is -2.31. The van der Waals surface area contributed by atoms with Crippen molar-refractivity contribution >= 4 is 39.3 Å². The number of amides is 2. The second-order valence-electron chi connectivity index (χ2n) is 11.3. The summed E-state index contributed by atoms with van der Waals surface area (Å²) in [5.41, 5.74) is 3.15. The minimum absolute atomic E-state index is 0.119. The number of aryl methyl sites for hydroxylation is 1. The van der Waals surface area contributed by atoms with Crippen molar-refractivity contribution in [1.82, 2.24) is 10.6 Å². The van der Waals surface area contributed by atoms with E-state index in [-0.39, 0.29) is 36.2 Å². The monoisotopic (exact) mass is 716 g/mol. The number of para-hydroxylation sites is 1. The maximum atomic E-state index is 14.1. The number of ether oxygens (including phenoxy) is 3. The summed E-state index contributed by atoms with van der Waals surface area (Å²) in [7, 11) is 1.27. The van der Waals surface area contributed by atoms with Crippen molar-refractivity contribution in [2.24, 2.45) is 0 Å². The fraction of sp³-hybridized carbons (Fsp3) is 0.278. The predicted octanol–water partition coefficient (Wildman–Crippen LogP) is 6.22. The van der Waals surface area contributed by atoms with E-state index in [1.54, 1.807) is 12.1 Å². The largest absolute Gasteiger partial charge is 0.484 e. The fourth-order valence-corrected chi connectivity index (χ4v) is 6.10. The summed E-state index contributed by atoms with van der Waals surface area (Å²) in [5, 5.41) is 20.7. The first-order chi connectivity index (χ1) is 23.3. The third-order valence-corrected chi connectivity index (χ3v) is 8.57. The van der Waals surface area contributed by atoms with Gasteiger partial charge in [-0.15, -0.1) is 0 Å². The standard InChI is InChI=1S/C36H37BrN4O7/c1-46-36(43)40-34(33(25-11-4-2-5-12-25)26-13-6-3-7-14-26)35(42)39-30-15-9-8-10-24(30)16-18-28-21-38-22-29(48-28)23-47-32-19-17-27(37)20-31(32)41(44)45/h2-15,17,19-20,28-29,33-34,38H,16,18,21-23H2,1H3,(H,39,42)(H,40,43)/t28-,29+,34+/m1/s1. The van der Waals surface area contributed by atoms with E-state index in [0.717, 1.165) is 16.7 Å². The zero-order valence-corrected chi connectivity index (χ0v) is 27.9. The molecular weight excluding hydrogens is 680 g/mol. The van der Waals surface area contributed by atoms with Crippen LogP contribution in [0.2, 0.25) is 0 Å². The van der Waals surface area contributed by atoms with Gasteiger partial charge < -0.3 is 30.2 Å². The zero-order valence-electron chi connectivity index (χ0n) is 26.3. The number of hydrogen-bond acceptors (Lipinski definition) is 8. The average Bonchev–Trinajstić information content (AvgIpc) is 3.11. The molecule has 3 N–H and O–H groups in total. The maximum absolute atomic E-state index is 14.1. The van der Waals surface area contributed by atoms with Crippen LogP contribution in [-0.2, 0) is 20.7 Å². The molecule has 11 nitrogen and oxygen atoms in total. The number of anilines is 1. The molecule has 1 saturated heterocycles. The summed E-state index contributed by atoms with van der Waals surface area (Å²) in [6, 6.07) is 30.4. The smallest absolute Gasteiger partial charge is 0.407 e. The lowest BCUT2D eigenvalue weighted by atomic mass is 9.84. The molecule has 0 spiro atoms. The first kappa shape index (κ1) is 34.6. The molecule has 2 amide bonds. The van der Waals surface area contributed by atoms with Crippen LogP contribution < -0.4 is 20.7 Å². The van der Waals surface area contributed by atoms with Gasteiger partial charge in [-0.2, -0.15) is 0 Å². The number of methoxy groups -OCH3 is 1. The highest BCUT2D eigenvalue weighted by Gasteiger charge is 2.33.